The van der Waals surface area contributed by atoms with E-state index in [-0.39, 0.29) is 12.8 Å². The Hall–Kier alpha value is -2.57. The highest BCUT2D eigenvalue weighted by Crippen LogP contribution is 2.25. The maximum atomic E-state index is 11.9. The average Bonchev–Trinajstić information content (AvgIpc) is 2.64. The number of amides is 2. The first-order valence-electron chi connectivity index (χ1n) is 8.52. The molecule has 0 saturated carbocycles. The third-order valence-electron chi connectivity index (χ3n) is 3.91. The van der Waals surface area contributed by atoms with Crippen LogP contribution >= 0.6 is 23.2 Å². The van der Waals surface area contributed by atoms with Crippen LogP contribution in [0.4, 0.5) is 11.4 Å². The van der Waals surface area contributed by atoms with Crippen molar-refractivity contribution in [3.8, 4) is 0 Å². The molecule has 0 aliphatic rings. The van der Waals surface area contributed by atoms with Crippen molar-refractivity contribution in [3.05, 3.63) is 57.6 Å². The molecular weight excluding hydrogens is 403 g/mol. The molecule has 0 unspecified atom stereocenters. The first kappa shape index (κ1) is 21.7. The van der Waals surface area contributed by atoms with E-state index in [9.17, 15) is 14.4 Å². The number of hydrogen-bond donors (Lipinski definition) is 2. The Kier molecular flexibility index (Phi) is 7.84. The molecule has 0 fully saturated rings. The Morgan fingerprint density at radius 1 is 0.893 bits per heavy atom. The van der Waals surface area contributed by atoms with Crippen LogP contribution in [0.1, 0.15) is 24.0 Å². The highest BCUT2D eigenvalue weighted by Gasteiger charge is 2.12. The molecule has 2 N–H and O–H groups in total. The number of carbonyl (C=O) groups excluding carboxylic acids is 3. The van der Waals surface area contributed by atoms with Crippen molar-refractivity contribution in [2.24, 2.45) is 0 Å². The lowest BCUT2D eigenvalue weighted by Gasteiger charge is -2.09. The van der Waals surface area contributed by atoms with E-state index >= 15 is 0 Å². The van der Waals surface area contributed by atoms with Gasteiger partial charge in [0, 0.05) is 17.1 Å². The SMILES string of the molecule is Cc1ccc(NC(=O)COC(=O)CCC(=O)Nc2cc(Cl)ccc2Cl)cc1C. The van der Waals surface area contributed by atoms with Crippen LogP contribution in [0.15, 0.2) is 36.4 Å². The summed E-state index contributed by atoms with van der Waals surface area (Å²) >= 11 is 11.8. The van der Waals surface area contributed by atoms with E-state index in [4.69, 9.17) is 27.9 Å². The lowest BCUT2D eigenvalue weighted by molar-refractivity contribution is -0.147. The fourth-order valence-electron chi connectivity index (χ4n) is 2.26. The second-order valence-corrected chi connectivity index (χ2v) is 7.02. The number of halogens is 2. The summed E-state index contributed by atoms with van der Waals surface area (Å²) in [5.74, 6) is -1.52. The van der Waals surface area contributed by atoms with Gasteiger partial charge in [0.05, 0.1) is 17.1 Å². The number of ether oxygens (including phenoxy) is 1. The smallest absolute Gasteiger partial charge is 0.306 e. The third-order valence-corrected chi connectivity index (χ3v) is 4.48. The standard InChI is InChI=1S/C20H20Cl2N2O4/c1-12-3-5-15(9-13(12)2)23-19(26)11-28-20(27)8-7-18(25)24-17-10-14(21)4-6-16(17)22/h3-6,9-10H,7-8,11H2,1-2H3,(H,23,26)(H,24,25). The number of anilines is 2. The van der Waals surface area contributed by atoms with E-state index in [2.05, 4.69) is 10.6 Å². The number of nitrogens with one attached hydrogen (secondary N) is 2. The zero-order valence-corrected chi connectivity index (χ0v) is 17.0. The normalized spacial score (nSPS) is 10.3. The fourth-order valence-corrected chi connectivity index (χ4v) is 2.59. The minimum absolute atomic E-state index is 0.111. The minimum atomic E-state index is -0.650. The van der Waals surface area contributed by atoms with Gasteiger partial charge < -0.3 is 15.4 Å². The molecular formula is C20H20Cl2N2O4. The summed E-state index contributed by atoms with van der Waals surface area (Å²) in [5, 5.41) is 5.98. The van der Waals surface area contributed by atoms with Gasteiger partial charge in [-0.2, -0.15) is 0 Å². The Morgan fingerprint density at radius 3 is 2.36 bits per heavy atom. The maximum Gasteiger partial charge on any atom is 0.306 e. The van der Waals surface area contributed by atoms with Crippen molar-refractivity contribution in [1.29, 1.82) is 0 Å². The molecule has 0 radical (unpaired) electrons. The van der Waals surface area contributed by atoms with Crippen LogP contribution in [-0.2, 0) is 19.1 Å². The van der Waals surface area contributed by atoms with E-state index in [1.807, 2.05) is 26.0 Å². The van der Waals surface area contributed by atoms with Crippen LogP contribution in [0, 0.1) is 13.8 Å². The third kappa shape index (κ3) is 6.87. The van der Waals surface area contributed by atoms with Gasteiger partial charge in [-0.3, -0.25) is 14.4 Å². The van der Waals surface area contributed by atoms with Crippen LogP contribution in [-0.4, -0.2) is 24.4 Å². The summed E-state index contributed by atoms with van der Waals surface area (Å²) in [6.45, 7) is 3.49. The number of rotatable bonds is 7. The van der Waals surface area contributed by atoms with Crippen LogP contribution in [0.25, 0.3) is 0 Å². The fraction of sp³-hybridized carbons (Fsp3) is 0.250. The molecule has 148 valence electrons. The molecule has 0 heterocycles. The quantitative estimate of drug-likeness (QED) is 0.642. The van der Waals surface area contributed by atoms with Crippen molar-refractivity contribution < 1.29 is 19.1 Å². The zero-order valence-electron chi connectivity index (χ0n) is 15.5. The van der Waals surface area contributed by atoms with Gasteiger partial charge in [-0.1, -0.05) is 29.3 Å². The molecule has 6 nitrogen and oxygen atoms in total. The van der Waals surface area contributed by atoms with Crippen LogP contribution in [0.5, 0.6) is 0 Å². The van der Waals surface area contributed by atoms with Crippen molar-refractivity contribution >= 4 is 52.4 Å². The molecule has 2 rings (SSSR count). The summed E-state index contributed by atoms with van der Waals surface area (Å²) in [6.07, 6.45) is -0.276. The predicted octanol–water partition coefficient (Wildman–Crippen LogP) is 4.51. The van der Waals surface area contributed by atoms with Gasteiger partial charge in [-0.05, 0) is 55.3 Å². The van der Waals surface area contributed by atoms with Gasteiger partial charge in [-0.25, -0.2) is 0 Å². The highest BCUT2D eigenvalue weighted by molar-refractivity contribution is 6.35. The van der Waals surface area contributed by atoms with Gasteiger partial charge in [0.1, 0.15) is 0 Å². The van der Waals surface area contributed by atoms with Gasteiger partial charge >= 0.3 is 5.97 Å². The molecule has 0 aromatic heterocycles. The minimum Gasteiger partial charge on any atom is -0.456 e. The Bertz CT molecular complexity index is 900. The van der Waals surface area contributed by atoms with Gasteiger partial charge in [-0.15, -0.1) is 0 Å². The Labute approximate surface area is 173 Å². The van der Waals surface area contributed by atoms with Gasteiger partial charge in [0.15, 0.2) is 6.61 Å². The lowest BCUT2D eigenvalue weighted by Crippen LogP contribution is -2.22. The van der Waals surface area contributed by atoms with Gasteiger partial charge in [0.2, 0.25) is 5.91 Å². The van der Waals surface area contributed by atoms with E-state index in [1.54, 1.807) is 18.2 Å². The second-order valence-electron chi connectivity index (χ2n) is 6.18. The molecule has 2 amide bonds. The Morgan fingerprint density at radius 2 is 1.64 bits per heavy atom. The van der Waals surface area contributed by atoms with Gasteiger partial charge in [0.25, 0.3) is 5.91 Å². The summed E-state index contributed by atoms with van der Waals surface area (Å²) in [4.78, 5) is 35.5. The second kappa shape index (κ2) is 10.1. The van der Waals surface area contributed by atoms with E-state index in [0.29, 0.717) is 21.4 Å². The topological polar surface area (TPSA) is 84.5 Å². The first-order valence-corrected chi connectivity index (χ1v) is 9.28. The molecule has 0 saturated heterocycles. The number of carbonyl (C=O) groups is 3. The summed E-state index contributed by atoms with van der Waals surface area (Å²) < 4.78 is 4.90. The molecule has 2 aromatic carbocycles. The number of esters is 1. The largest absolute Gasteiger partial charge is 0.456 e. The maximum absolute atomic E-state index is 11.9. The molecule has 0 atom stereocenters. The predicted molar refractivity (Wildman–Crippen MR) is 110 cm³/mol. The number of benzene rings is 2. The van der Waals surface area contributed by atoms with Crippen LogP contribution in [0.3, 0.4) is 0 Å². The first-order chi connectivity index (χ1) is 13.2. The zero-order chi connectivity index (χ0) is 20.7. The molecule has 0 aliphatic carbocycles. The summed E-state index contributed by atoms with van der Waals surface area (Å²) in [6, 6.07) is 10.2. The molecule has 0 spiro atoms. The molecule has 8 heteroatoms. The monoisotopic (exact) mass is 422 g/mol. The van der Waals surface area contributed by atoms with E-state index in [0.717, 1.165) is 11.1 Å². The van der Waals surface area contributed by atoms with Crippen molar-refractivity contribution in [2.45, 2.75) is 26.7 Å². The Balaban J connectivity index is 1.73. The molecule has 0 aliphatic heterocycles. The molecule has 2 aromatic rings. The van der Waals surface area contributed by atoms with Crippen LogP contribution < -0.4 is 10.6 Å². The number of hydrogen-bond acceptors (Lipinski definition) is 4. The average molecular weight is 423 g/mol. The summed E-state index contributed by atoms with van der Waals surface area (Å²) in [5.41, 5.74) is 3.14. The van der Waals surface area contributed by atoms with E-state index in [1.165, 1.54) is 6.07 Å². The van der Waals surface area contributed by atoms with Crippen molar-refractivity contribution in [2.75, 3.05) is 17.2 Å². The van der Waals surface area contributed by atoms with Crippen molar-refractivity contribution in [1.82, 2.24) is 0 Å². The molecule has 0 bridgehead atoms. The summed E-state index contributed by atoms with van der Waals surface area (Å²) in [7, 11) is 0. The lowest BCUT2D eigenvalue weighted by atomic mass is 10.1. The van der Waals surface area contributed by atoms with Crippen molar-refractivity contribution in [3.63, 3.8) is 0 Å². The molecule has 28 heavy (non-hydrogen) atoms. The van der Waals surface area contributed by atoms with Crippen LogP contribution in [0.2, 0.25) is 10.0 Å². The highest BCUT2D eigenvalue weighted by atomic mass is 35.5. The van der Waals surface area contributed by atoms with E-state index < -0.39 is 24.4 Å². The number of aryl methyl sites for hydroxylation is 2.